The lowest BCUT2D eigenvalue weighted by Crippen LogP contribution is -2.52. The number of aliphatic hydroxyl groups is 1. The Balaban J connectivity index is 1.67. The van der Waals surface area contributed by atoms with Crippen LogP contribution in [0.15, 0.2) is 30.3 Å². The zero-order valence-corrected chi connectivity index (χ0v) is 17.2. The highest BCUT2D eigenvalue weighted by molar-refractivity contribution is 5.36. The Morgan fingerprint density at radius 2 is 1.78 bits per heavy atom. The maximum Gasteiger partial charge on any atom is 0.0547 e. The van der Waals surface area contributed by atoms with Crippen molar-refractivity contribution in [3.05, 3.63) is 64.0 Å². The molecule has 1 aliphatic heterocycles. The molecular weight excluding hydrogens is 334 g/mol. The van der Waals surface area contributed by atoms with Gasteiger partial charge in [-0.15, -0.1) is 0 Å². The highest BCUT2D eigenvalue weighted by Gasteiger charge is 2.27. The van der Waals surface area contributed by atoms with Crippen molar-refractivity contribution in [3.8, 4) is 0 Å². The highest BCUT2D eigenvalue weighted by Crippen LogP contribution is 2.21. The summed E-state index contributed by atoms with van der Waals surface area (Å²) in [6, 6.07) is 11.2. The van der Waals surface area contributed by atoms with Gasteiger partial charge < -0.3 is 5.11 Å². The van der Waals surface area contributed by atoms with Gasteiger partial charge in [0.25, 0.3) is 0 Å². The van der Waals surface area contributed by atoms with Crippen molar-refractivity contribution in [2.45, 2.75) is 53.2 Å². The van der Waals surface area contributed by atoms with Gasteiger partial charge in [-0.25, -0.2) is 0 Å². The molecule has 4 heteroatoms. The molecule has 1 aliphatic rings. The number of benzene rings is 1. The van der Waals surface area contributed by atoms with E-state index in [0.29, 0.717) is 6.04 Å². The number of hydrogen-bond acceptors (Lipinski definition) is 4. The lowest BCUT2D eigenvalue weighted by molar-refractivity contribution is 0.0490. The molecule has 0 saturated carbocycles. The van der Waals surface area contributed by atoms with E-state index in [1.54, 1.807) is 0 Å². The van der Waals surface area contributed by atoms with E-state index >= 15 is 0 Å². The monoisotopic (exact) mass is 367 g/mol. The highest BCUT2D eigenvalue weighted by atomic mass is 16.3. The topological polar surface area (TPSA) is 39.6 Å². The van der Waals surface area contributed by atoms with E-state index in [9.17, 15) is 5.11 Å². The minimum atomic E-state index is 0.235. The van der Waals surface area contributed by atoms with Crippen LogP contribution < -0.4 is 0 Å². The minimum Gasteiger partial charge on any atom is -0.396 e. The summed E-state index contributed by atoms with van der Waals surface area (Å²) < 4.78 is 0. The van der Waals surface area contributed by atoms with Gasteiger partial charge >= 0.3 is 0 Å². The van der Waals surface area contributed by atoms with Gasteiger partial charge in [-0.05, 0) is 68.5 Å². The lowest BCUT2D eigenvalue weighted by Gasteiger charge is -2.41. The predicted octanol–water partition coefficient (Wildman–Crippen LogP) is 3.38. The molecular formula is C23H33N3O. The first kappa shape index (κ1) is 20.0. The molecule has 0 bridgehead atoms. The van der Waals surface area contributed by atoms with Crippen molar-refractivity contribution in [2.75, 3.05) is 26.2 Å². The number of aryl methyl sites for hydroxylation is 4. The molecule has 2 heterocycles. The lowest BCUT2D eigenvalue weighted by atomic mass is 9.99. The summed E-state index contributed by atoms with van der Waals surface area (Å²) in [7, 11) is 0. The molecule has 0 radical (unpaired) electrons. The molecule has 1 fully saturated rings. The summed E-state index contributed by atoms with van der Waals surface area (Å²) in [6.45, 7) is 13.8. The average Bonchev–Trinajstić information content (AvgIpc) is 2.62. The van der Waals surface area contributed by atoms with E-state index in [-0.39, 0.29) is 6.61 Å². The van der Waals surface area contributed by atoms with Crippen LogP contribution in [-0.2, 0) is 13.1 Å². The third-order valence-corrected chi connectivity index (χ3v) is 5.81. The van der Waals surface area contributed by atoms with Crippen LogP contribution in [0.4, 0.5) is 0 Å². The molecule has 1 atom stereocenters. The van der Waals surface area contributed by atoms with E-state index < -0.39 is 0 Å². The maximum atomic E-state index is 9.57. The van der Waals surface area contributed by atoms with Gasteiger partial charge in [0.05, 0.1) is 5.69 Å². The largest absolute Gasteiger partial charge is 0.396 e. The molecule has 2 aromatic rings. The maximum absolute atomic E-state index is 9.57. The first-order chi connectivity index (χ1) is 13.0. The molecule has 0 unspecified atom stereocenters. The van der Waals surface area contributed by atoms with Gasteiger partial charge in [-0.3, -0.25) is 14.8 Å². The van der Waals surface area contributed by atoms with Gasteiger partial charge in [0.15, 0.2) is 0 Å². The second-order valence-corrected chi connectivity index (χ2v) is 8.00. The first-order valence-corrected chi connectivity index (χ1v) is 10.0. The zero-order valence-electron chi connectivity index (χ0n) is 17.2. The van der Waals surface area contributed by atoms with Crippen LogP contribution in [0.25, 0.3) is 0 Å². The van der Waals surface area contributed by atoms with Crippen molar-refractivity contribution in [1.29, 1.82) is 0 Å². The van der Waals surface area contributed by atoms with Crippen LogP contribution >= 0.6 is 0 Å². The number of piperazine rings is 1. The van der Waals surface area contributed by atoms with Crippen molar-refractivity contribution in [3.63, 3.8) is 0 Å². The third-order valence-electron chi connectivity index (χ3n) is 5.81. The van der Waals surface area contributed by atoms with E-state index in [2.05, 4.69) is 59.8 Å². The van der Waals surface area contributed by atoms with Crippen LogP contribution in [0.3, 0.4) is 0 Å². The van der Waals surface area contributed by atoms with Gasteiger partial charge in [0.2, 0.25) is 0 Å². The Bertz CT molecular complexity index is 774. The van der Waals surface area contributed by atoms with Crippen LogP contribution in [0.1, 0.15) is 40.1 Å². The molecule has 1 saturated heterocycles. The predicted molar refractivity (Wildman–Crippen MR) is 111 cm³/mol. The molecule has 1 aromatic heterocycles. The molecule has 1 N–H and O–H groups in total. The number of rotatable bonds is 6. The summed E-state index contributed by atoms with van der Waals surface area (Å²) >= 11 is 0. The third kappa shape index (κ3) is 5.16. The van der Waals surface area contributed by atoms with E-state index in [1.165, 1.54) is 22.3 Å². The second kappa shape index (κ2) is 8.96. The Labute approximate surface area is 163 Å². The van der Waals surface area contributed by atoms with Crippen molar-refractivity contribution >= 4 is 0 Å². The normalized spacial score (nSPS) is 18.8. The average molecular weight is 368 g/mol. The summed E-state index contributed by atoms with van der Waals surface area (Å²) in [6.07, 6.45) is 0.814. The van der Waals surface area contributed by atoms with Crippen LogP contribution in [0.5, 0.6) is 0 Å². The number of pyridine rings is 1. The fourth-order valence-electron chi connectivity index (χ4n) is 4.06. The second-order valence-electron chi connectivity index (χ2n) is 8.00. The summed E-state index contributed by atoms with van der Waals surface area (Å²) in [5.74, 6) is 0. The number of aliphatic hydroxyl groups excluding tert-OH is 1. The Morgan fingerprint density at radius 1 is 1.00 bits per heavy atom. The minimum absolute atomic E-state index is 0.235. The standard InChI is InChI=1S/C23H33N3O/c1-17-12-19(3)21(13-18(17)2)14-25-9-10-26(23(16-25)8-11-27)15-22-7-5-6-20(4)24-22/h5-7,12-13,23,27H,8-11,14-16H2,1-4H3/t23-/m1/s1. The van der Waals surface area contributed by atoms with Gasteiger partial charge in [0.1, 0.15) is 0 Å². The van der Waals surface area contributed by atoms with Crippen LogP contribution in [-0.4, -0.2) is 52.2 Å². The molecule has 1 aromatic carbocycles. The molecule has 0 amide bonds. The summed E-state index contributed by atoms with van der Waals surface area (Å²) in [5.41, 5.74) is 7.72. The Hall–Kier alpha value is -1.75. The molecule has 4 nitrogen and oxygen atoms in total. The Kier molecular flexibility index (Phi) is 6.64. The van der Waals surface area contributed by atoms with Crippen molar-refractivity contribution in [2.24, 2.45) is 0 Å². The molecule has 3 rings (SSSR count). The molecule has 27 heavy (non-hydrogen) atoms. The summed E-state index contributed by atoms with van der Waals surface area (Å²) in [4.78, 5) is 9.69. The quantitative estimate of drug-likeness (QED) is 0.850. The van der Waals surface area contributed by atoms with Crippen molar-refractivity contribution < 1.29 is 5.11 Å². The van der Waals surface area contributed by atoms with Crippen LogP contribution in [0.2, 0.25) is 0 Å². The van der Waals surface area contributed by atoms with E-state index in [4.69, 9.17) is 0 Å². The van der Waals surface area contributed by atoms with Gasteiger partial charge in [-0.1, -0.05) is 18.2 Å². The summed E-state index contributed by atoms with van der Waals surface area (Å²) in [5, 5.41) is 9.57. The molecule has 0 spiro atoms. The zero-order chi connectivity index (χ0) is 19.4. The van der Waals surface area contributed by atoms with Crippen LogP contribution in [0, 0.1) is 27.7 Å². The fraction of sp³-hybridized carbons (Fsp3) is 0.522. The SMILES string of the molecule is Cc1cccc(CN2CCN(Cc3cc(C)c(C)cc3C)C[C@H]2CCO)n1. The fourth-order valence-corrected chi connectivity index (χ4v) is 4.06. The van der Waals surface area contributed by atoms with E-state index in [1.807, 2.05) is 13.0 Å². The van der Waals surface area contributed by atoms with Crippen molar-refractivity contribution in [1.82, 2.24) is 14.8 Å². The number of nitrogens with zero attached hydrogens (tertiary/aromatic N) is 3. The van der Waals surface area contributed by atoms with Gasteiger partial charge in [0, 0.05) is 51.1 Å². The molecule has 146 valence electrons. The smallest absolute Gasteiger partial charge is 0.0547 e. The first-order valence-electron chi connectivity index (χ1n) is 10.0. The Morgan fingerprint density at radius 3 is 2.52 bits per heavy atom. The van der Waals surface area contributed by atoms with E-state index in [0.717, 1.165) is 50.5 Å². The number of hydrogen-bond donors (Lipinski definition) is 1. The number of aromatic nitrogens is 1. The molecule has 0 aliphatic carbocycles. The van der Waals surface area contributed by atoms with Gasteiger partial charge in [-0.2, -0.15) is 0 Å².